The van der Waals surface area contributed by atoms with Gasteiger partial charge in [-0.3, -0.25) is 4.90 Å². The summed E-state index contributed by atoms with van der Waals surface area (Å²) >= 11 is 0. The van der Waals surface area contributed by atoms with Crippen LogP contribution in [0.1, 0.15) is 45.6 Å². The largest absolute Gasteiger partial charge is 3.00 e. The summed E-state index contributed by atoms with van der Waals surface area (Å²) < 4.78 is 0. The molecule has 44 heavy (non-hydrogen) atoms. The van der Waals surface area contributed by atoms with Crippen LogP contribution in [0.15, 0.2) is 109 Å². The summed E-state index contributed by atoms with van der Waals surface area (Å²) in [5.41, 5.74) is 5.28. The average molecular weight is 766 g/mol. The molecule has 242 valence electrons. The first-order valence-corrected chi connectivity index (χ1v) is 18.8. The molecule has 6 rings (SSSR count). The first-order chi connectivity index (χ1) is 20.1. The summed E-state index contributed by atoms with van der Waals surface area (Å²) in [5.74, 6) is 1.46. The van der Waals surface area contributed by atoms with E-state index in [1.165, 1.54) is 32.4 Å². The molecule has 4 atom stereocenters. The molecule has 3 aliphatic rings. The van der Waals surface area contributed by atoms with Crippen molar-refractivity contribution in [1.29, 1.82) is 0 Å². The average Bonchev–Trinajstić information content (AvgIpc) is 3.63. The SMILES string of the molecule is CC(C)(C)[N-][Si](C)(C)C1CC(N2CCCC2)C2C=CC=CC21.[CH2-]c1ccccc1N(c1ccccc1)c1ccccc1.[CH3-].[Lu+3]. The van der Waals surface area contributed by atoms with Crippen LogP contribution < -0.4 is 4.90 Å². The maximum Gasteiger partial charge on any atom is 3.00 e. The fraction of sp³-hybridized carbons (Fsp3) is 0.385. The van der Waals surface area contributed by atoms with Gasteiger partial charge in [0.2, 0.25) is 0 Å². The van der Waals surface area contributed by atoms with Crippen LogP contribution in [0.4, 0.5) is 17.1 Å². The van der Waals surface area contributed by atoms with Crippen molar-refractivity contribution in [1.82, 2.24) is 4.90 Å². The van der Waals surface area contributed by atoms with Crippen molar-refractivity contribution in [3.63, 3.8) is 0 Å². The van der Waals surface area contributed by atoms with Crippen molar-refractivity contribution in [3.8, 4) is 0 Å². The van der Waals surface area contributed by atoms with Crippen LogP contribution in [0.25, 0.3) is 4.98 Å². The minimum atomic E-state index is -1.59. The number of likely N-dealkylation sites (tertiary alicyclic amines) is 1. The van der Waals surface area contributed by atoms with Gasteiger partial charge >= 0.3 is 36.9 Å². The Balaban J connectivity index is 0.000000231. The fourth-order valence-electron chi connectivity index (χ4n) is 7.49. The molecule has 3 aromatic carbocycles. The smallest absolute Gasteiger partial charge is 0.660 e. The van der Waals surface area contributed by atoms with E-state index in [1.54, 1.807) is 0 Å². The zero-order valence-electron chi connectivity index (χ0n) is 27.5. The van der Waals surface area contributed by atoms with Crippen molar-refractivity contribution in [2.45, 2.75) is 70.2 Å². The monoisotopic (exact) mass is 765 g/mol. The number of hydrogen-bond acceptors (Lipinski definition) is 2. The first kappa shape index (κ1) is 36.6. The van der Waals surface area contributed by atoms with Crippen molar-refractivity contribution in [3.05, 3.63) is 134 Å². The summed E-state index contributed by atoms with van der Waals surface area (Å²) in [6, 6.07) is 29.7. The molecule has 0 radical (unpaired) electrons. The summed E-state index contributed by atoms with van der Waals surface area (Å²) in [6.07, 6.45) is 13.7. The normalized spacial score (nSPS) is 22.7. The third-order valence-electron chi connectivity index (χ3n) is 9.03. The second-order valence-corrected chi connectivity index (χ2v) is 17.9. The van der Waals surface area contributed by atoms with Crippen molar-refractivity contribution in [2.24, 2.45) is 11.8 Å². The summed E-state index contributed by atoms with van der Waals surface area (Å²) in [5, 5.41) is 0. The Morgan fingerprint density at radius 2 is 1.27 bits per heavy atom. The zero-order chi connectivity index (χ0) is 29.7. The van der Waals surface area contributed by atoms with E-state index in [2.05, 4.69) is 129 Å². The molecule has 3 aromatic rings. The van der Waals surface area contributed by atoms with Gasteiger partial charge in [0, 0.05) is 17.4 Å². The number of nitrogens with zero attached hydrogens (tertiary/aromatic N) is 3. The van der Waals surface area contributed by atoms with Gasteiger partial charge in [-0.05, 0) is 68.5 Å². The van der Waals surface area contributed by atoms with Crippen molar-refractivity contribution >= 4 is 25.3 Å². The molecule has 1 saturated carbocycles. The van der Waals surface area contributed by atoms with E-state index in [0.29, 0.717) is 0 Å². The van der Waals surface area contributed by atoms with Crippen LogP contribution in [0.3, 0.4) is 0 Å². The first-order valence-electron chi connectivity index (χ1n) is 15.8. The third-order valence-corrected chi connectivity index (χ3v) is 12.7. The molecule has 0 N–H and O–H groups in total. The maximum absolute atomic E-state index is 5.34. The molecular weight excluding hydrogens is 714 g/mol. The Bertz CT molecular complexity index is 1300. The molecule has 1 heterocycles. The molecule has 2 aliphatic carbocycles. The maximum atomic E-state index is 5.34. The molecule has 2 fully saturated rings. The second kappa shape index (κ2) is 16.1. The van der Waals surface area contributed by atoms with E-state index in [-0.39, 0.29) is 49.8 Å². The van der Waals surface area contributed by atoms with E-state index in [1.807, 2.05) is 30.3 Å². The number of para-hydroxylation sites is 3. The van der Waals surface area contributed by atoms with E-state index in [9.17, 15) is 0 Å². The van der Waals surface area contributed by atoms with Crippen LogP contribution in [0.5, 0.6) is 0 Å². The Kier molecular flexibility index (Phi) is 13.4. The Labute approximate surface area is 299 Å². The quantitative estimate of drug-likeness (QED) is 0.184. The Hall–Kier alpha value is -1.82. The van der Waals surface area contributed by atoms with Gasteiger partial charge in [0.05, 0.1) is 0 Å². The van der Waals surface area contributed by atoms with Gasteiger partial charge in [-0.25, -0.2) is 0 Å². The van der Waals surface area contributed by atoms with E-state index in [4.69, 9.17) is 4.98 Å². The zero-order valence-corrected chi connectivity index (χ0v) is 30.2. The van der Waals surface area contributed by atoms with Crippen LogP contribution in [0.2, 0.25) is 18.6 Å². The van der Waals surface area contributed by atoms with Crippen LogP contribution >= 0.6 is 0 Å². The third kappa shape index (κ3) is 8.91. The number of rotatable bonds is 6. The van der Waals surface area contributed by atoms with Gasteiger partial charge in [-0.1, -0.05) is 126 Å². The minimum Gasteiger partial charge on any atom is -0.660 e. The molecular formula is C39H52LuN3Si. The molecule has 0 aromatic heterocycles. The van der Waals surface area contributed by atoms with Crippen LogP contribution in [0, 0.1) is 63.1 Å². The number of hydrogen-bond donors (Lipinski definition) is 0. The number of fused-ring (bicyclic) bond motifs is 1. The van der Waals surface area contributed by atoms with Crippen molar-refractivity contribution < 1.29 is 36.9 Å². The molecule has 5 heteroatoms. The topological polar surface area (TPSA) is 20.6 Å². The number of benzene rings is 3. The molecule has 3 nitrogen and oxygen atoms in total. The van der Waals surface area contributed by atoms with Gasteiger partial charge in [-0.15, -0.1) is 11.6 Å². The van der Waals surface area contributed by atoms with Crippen molar-refractivity contribution in [2.75, 3.05) is 18.0 Å². The molecule has 1 aliphatic heterocycles. The van der Waals surface area contributed by atoms with Crippen LogP contribution in [-0.4, -0.2) is 37.8 Å². The molecule has 4 unspecified atom stereocenters. The van der Waals surface area contributed by atoms with E-state index in [0.717, 1.165) is 46.0 Å². The number of allylic oxidation sites excluding steroid dienone is 3. The summed E-state index contributed by atoms with van der Waals surface area (Å²) in [4.78, 5) is 10.3. The predicted octanol–water partition coefficient (Wildman–Crippen LogP) is 10.7. The van der Waals surface area contributed by atoms with Gasteiger partial charge in [0.15, 0.2) is 0 Å². The Morgan fingerprint density at radius 1 is 0.773 bits per heavy atom. The second-order valence-electron chi connectivity index (χ2n) is 13.6. The Morgan fingerprint density at radius 3 is 1.80 bits per heavy atom. The molecule has 0 bridgehead atoms. The van der Waals surface area contributed by atoms with E-state index >= 15 is 0 Å². The van der Waals surface area contributed by atoms with Gasteiger partial charge < -0.3 is 17.3 Å². The van der Waals surface area contributed by atoms with Gasteiger partial charge in [-0.2, -0.15) is 18.6 Å². The molecule has 0 amide bonds. The standard InChI is InChI=1S/C19H33N2Si.C19H16N.CH3.Lu/c1-19(2,3)20-22(4,5)18-14-17(21-12-8-9-13-21)15-10-6-7-11-16(15)18;1-16-10-8-9-15-19(16)20(17-11-4-2-5-12-17)18-13-6-3-7-14-18;;/h6-7,10-11,15-18H,8-9,12-14H2,1-5H3;2-15H,1H2;1H3;/q3*-1;+3. The fourth-order valence-corrected chi connectivity index (χ4v) is 11.5. The predicted molar refractivity (Wildman–Crippen MR) is 191 cm³/mol. The van der Waals surface area contributed by atoms with Crippen LogP contribution in [-0.2, 0) is 0 Å². The summed E-state index contributed by atoms with van der Waals surface area (Å²) in [6.45, 7) is 18.6. The van der Waals surface area contributed by atoms with Gasteiger partial charge in [0.1, 0.15) is 0 Å². The molecule has 1 saturated heterocycles. The number of anilines is 3. The van der Waals surface area contributed by atoms with E-state index < -0.39 is 8.24 Å². The minimum absolute atomic E-state index is 0. The molecule has 0 spiro atoms. The van der Waals surface area contributed by atoms with Gasteiger partial charge in [0.25, 0.3) is 0 Å². The summed E-state index contributed by atoms with van der Waals surface area (Å²) in [7, 11) is -1.59.